The molecule has 1 unspecified atom stereocenters. The molecule has 1 N–H and O–H groups in total. The van der Waals surface area contributed by atoms with Gasteiger partial charge in [0, 0.05) is 29.3 Å². The van der Waals surface area contributed by atoms with Crippen LogP contribution in [0.3, 0.4) is 0 Å². The maximum absolute atomic E-state index is 4.55. The molecule has 2 nitrogen and oxygen atoms in total. The third kappa shape index (κ3) is 6.43. The molecule has 0 aliphatic rings. The standard InChI is InChI=1S/C13H24N2S2/c1-5-14-12(9-16-7-10(2)3)6-13-15-11(4)8-17-13/h8,10,12,14H,5-7,9H2,1-4H3. The van der Waals surface area contributed by atoms with Crippen molar-refractivity contribution in [2.75, 3.05) is 18.1 Å². The SMILES string of the molecule is CCNC(CSCC(C)C)Cc1nc(C)cs1. The Labute approximate surface area is 114 Å². The van der Waals surface area contributed by atoms with E-state index in [0.717, 1.165) is 24.6 Å². The van der Waals surface area contributed by atoms with Crippen molar-refractivity contribution in [2.24, 2.45) is 5.92 Å². The predicted molar refractivity (Wildman–Crippen MR) is 80.2 cm³/mol. The zero-order chi connectivity index (χ0) is 12.7. The molecule has 1 aromatic heterocycles. The van der Waals surface area contributed by atoms with Gasteiger partial charge in [-0.05, 0) is 25.1 Å². The number of hydrogen-bond acceptors (Lipinski definition) is 4. The Bertz CT molecular complexity index is 310. The second-order valence-corrected chi connectivity index (χ2v) is 6.79. The number of nitrogens with zero attached hydrogens (tertiary/aromatic N) is 1. The zero-order valence-electron chi connectivity index (χ0n) is 11.3. The number of aryl methyl sites for hydroxylation is 1. The molecule has 1 aromatic rings. The van der Waals surface area contributed by atoms with Gasteiger partial charge in [-0.2, -0.15) is 11.8 Å². The van der Waals surface area contributed by atoms with Crippen LogP contribution in [0.4, 0.5) is 0 Å². The van der Waals surface area contributed by atoms with Gasteiger partial charge in [0.2, 0.25) is 0 Å². The van der Waals surface area contributed by atoms with Gasteiger partial charge in [0.1, 0.15) is 0 Å². The van der Waals surface area contributed by atoms with Crippen LogP contribution in [-0.4, -0.2) is 29.1 Å². The molecule has 0 radical (unpaired) electrons. The molecule has 0 aliphatic heterocycles. The number of rotatable bonds is 8. The molecule has 0 aliphatic carbocycles. The van der Waals surface area contributed by atoms with Gasteiger partial charge in [0.05, 0.1) is 5.01 Å². The Morgan fingerprint density at radius 2 is 2.18 bits per heavy atom. The molecule has 1 atom stereocenters. The molecule has 98 valence electrons. The van der Waals surface area contributed by atoms with Gasteiger partial charge in [-0.3, -0.25) is 0 Å². The number of aromatic nitrogens is 1. The average Bonchev–Trinajstić information content (AvgIpc) is 2.63. The molecular weight excluding hydrogens is 248 g/mol. The van der Waals surface area contributed by atoms with E-state index >= 15 is 0 Å². The van der Waals surface area contributed by atoms with Crippen LogP contribution in [0.15, 0.2) is 5.38 Å². The van der Waals surface area contributed by atoms with E-state index in [-0.39, 0.29) is 0 Å². The van der Waals surface area contributed by atoms with E-state index in [0.29, 0.717) is 6.04 Å². The van der Waals surface area contributed by atoms with Gasteiger partial charge in [-0.1, -0.05) is 20.8 Å². The average molecular weight is 272 g/mol. The van der Waals surface area contributed by atoms with Crippen LogP contribution in [0.1, 0.15) is 31.5 Å². The molecule has 0 aromatic carbocycles. The second-order valence-electron chi connectivity index (χ2n) is 4.77. The predicted octanol–water partition coefficient (Wildman–Crippen LogP) is 3.36. The fraction of sp³-hybridized carbons (Fsp3) is 0.769. The smallest absolute Gasteiger partial charge is 0.0943 e. The van der Waals surface area contributed by atoms with Gasteiger partial charge in [-0.15, -0.1) is 11.3 Å². The van der Waals surface area contributed by atoms with Crippen LogP contribution in [-0.2, 0) is 6.42 Å². The molecule has 1 heterocycles. The highest BCUT2D eigenvalue weighted by Gasteiger charge is 2.11. The minimum Gasteiger partial charge on any atom is -0.313 e. The van der Waals surface area contributed by atoms with Crippen LogP contribution in [0.25, 0.3) is 0 Å². The number of thioether (sulfide) groups is 1. The third-order valence-corrected chi connectivity index (χ3v) is 4.88. The summed E-state index contributed by atoms with van der Waals surface area (Å²) in [5.74, 6) is 3.22. The Balaban J connectivity index is 2.37. The lowest BCUT2D eigenvalue weighted by Gasteiger charge is -2.16. The number of likely N-dealkylation sites (N-methyl/N-ethyl adjacent to an activating group) is 1. The minimum atomic E-state index is 0.564. The van der Waals surface area contributed by atoms with Gasteiger partial charge in [0.25, 0.3) is 0 Å². The fourth-order valence-electron chi connectivity index (χ4n) is 1.63. The summed E-state index contributed by atoms with van der Waals surface area (Å²) in [6.07, 6.45) is 1.07. The molecule has 0 saturated heterocycles. The molecule has 4 heteroatoms. The number of thiazole rings is 1. The maximum Gasteiger partial charge on any atom is 0.0943 e. The van der Waals surface area contributed by atoms with Crippen molar-refractivity contribution in [1.29, 1.82) is 0 Å². The lowest BCUT2D eigenvalue weighted by molar-refractivity contribution is 0.570. The first-order valence-electron chi connectivity index (χ1n) is 6.34. The summed E-state index contributed by atoms with van der Waals surface area (Å²) in [5.41, 5.74) is 1.15. The topological polar surface area (TPSA) is 24.9 Å². The van der Waals surface area contributed by atoms with Crippen LogP contribution >= 0.6 is 23.1 Å². The van der Waals surface area contributed by atoms with E-state index in [1.807, 2.05) is 11.8 Å². The van der Waals surface area contributed by atoms with Crippen molar-refractivity contribution in [3.63, 3.8) is 0 Å². The Morgan fingerprint density at radius 3 is 2.71 bits per heavy atom. The molecule has 0 saturated carbocycles. The lowest BCUT2D eigenvalue weighted by atomic mass is 10.2. The summed E-state index contributed by atoms with van der Waals surface area (Å²) in [6, 6.07) is 0.564. The normalized spacial score (nSPS) is 13.2. The Morgan fingerprint density at radius 1 is 1.41 bits per heavy atom. The monoisotopic (exact) mass is 272 g/mol. The molecule has 0 amide bonds. The zero-order valence-corrected chi connectivity index (χ0v) is 13.0. The Hall–Kier alpha value is -0.0600. The van der Waals surface area contributed by atoms with Gasteiger partial charge >= 0.3 is 0 Å². The molecule has 0 fully saturated rings. The summed E-state index contributed by atoms with van der Waals surface area (Å²) in [4.78, 5) is 4.55. The van der Waals surface area contributed by atoms with E-state index in [4.69, 9.17) is 0 Å². The van der Waals surface area contributed by atoms with E-state index in [1.165, 1.54) is 16.5 Å². The fourth-order valence-corrected chi connectivity index (χ4v) is 3.61. The molecule has 0 spiro atoms. The van der Waals surface area contributed by atoms with Crippen molar-refractivity contribution < 1.29 is 0 Å². The molecule has 17 heavy (non-hydrogen) atoms. The van der Waals surface area contributed by atoms with E-state index in [1.54, 1.807) is 11.3 Å². The first-order chi connectivity index (χ1) is 8.11. The third-order valence-electron chi connectivity index (χ3n) is 2.35. The first-order valence-corrected chi connectivity index (χ1v) is 8.37. The van der Waals surface area contributed by atoms with E-state index in [2.05, 4.69) is 43.4 Å². The summed E-state index contributed by atoms with van der Waals surface area (Å²) in [6.45, 7) is 9.83. The highest BCUT2D eigenvalue weighted by molar-refractivity contribution is 7.99. The van der Waals surface area contributed by atoms with Crippen LogP contribution in [0.2, 0.25) is 0 Å². The molecule has 0 bridgehead atoms. The van der Waals surface area contributed by atoms with Crippen molar-refractivity contribution in [2.45, 2.75) is 40.2 Å². The van der Waals surface area contributed by atoms with Gasteiger partial charge in [-0.25, -0.2) is 4.98 Å². The quantitative estimate of drug-likeness (QED) is 0.785. The Kier molecular flexibility index (Phi) is 7.16. The molecule has 1 rings (SSSR count). The summed E-state index contributed by atoms with van der Waals surface area (Å²) in [5, 5.41) is 6.96. The first kappa shape index (κ1) is 15.0. The minimum absolute atomic E-state index is 0.564. The van der Waals surface area contributed by atoms with E-state index < -0.39 is 0 Å². The van der Waals surface area contributed by atoms with Crippen molar-refractivity contribution in [1.82, 2.24) is 10.3 Å². The van der Waals surface area contributed by atoms with Gasteiger partial charge in [0.15, 0.2) is 0 Å². The van der Waals surface area contributed by atoms with Crippen molar-refractivity contribution in [3.05, 3.63) is 16.1 Å². The summed E-state index contributed by atoms with van der Waals surface area (Å²) < 4.78 is 0. The number of nitrogens with one attached hydrogen (secondary N) is 1. The lowest BCUT2D eigenvalue weighted by Crippen LogP contribution is -2.33. The maximum atomic E-state index is 4.55. The highest BCUT2D eigenvalue weighted by atomic mass is 32.2. The second kappa shape index (κ2) is 8.11. The largest absolute Gasteiger partial charge is 0.313 e. The highest BCUT2D eigenvalue weighted by Crippen LogP contribution is 2.15. The van der Waals surface area contributed by atoms with Crippen LogP contribution in [0, 0.1) is 12.8 Å². The van der Waals surface area contributed by atoms with Crippen LogP contribution < -0.4 is 5.32 Å². The van der Waals surface area contributed by atoms with E-state index in [9.17, 15) is 0 Å². The summed E-state index contributed by atoms with van der Waals surface area (Å²) in [7, 11) is 0. The molecular formula is C13H24N2S2. The number of hydrogen-bond donors (Lipinski definition) is 1. The van der Waals surface area contributed by atoms with Gasteiger partial charge < -0.3 is 5.32 Å². The van der Waals surface area contributed by atoms with Crippen LogP contribution in [0.5, 0.6) is 0 Å². The van der Waals surface area contributed by atoms with Crippen molar-refractivity contribution in [3.8, 4) is 0 Å². The summed E-state index contributed by atoms with van der Waals surface area (Å²) >= 11 is 3.83. The van der Waals surface area contributed by atoms with Crippen molar-refractivity contribution >= 4 is 23.1 Å².